The summed E-state index contributed by atoms with van der Waals surface area (Å²) in [6.45, 7) is 4.08. The van der Waals surface area contributed by atoms with Crippen LogP contribution in [0.15, 0.2) is 47.6 Å². The van der Waals surface area contributed by atoms with Crippen LogP contribution in [-0.4, -0.2) is 20.2 Å². The number of aryl methyl sites for hydroxylation is 2. The Labute approximate surface area is 132 Å². The summed E-state index contributed by atoms with van der Waals surface area (Å²) in [7, 11) is 0. The Kier molecular flexibility index (Phi) is 4.20. The Morgan fingerprint density at radius 1 is 1.05 bits per heavy atom. The summed E-state index contributed by atoms with van der Waals surface area (Å²) in [4.78, 5) is 0. The Morgan fingerprint density at radius 3 is 2.41 bits per heavy atom. The van der Waals surface area contributed by atoms with Gasteiger partial charge < -0.3 is 0 Å². The second-order valence-electron chi connectivity index (χ2n) is 5.03. The van der Waals surface area contributed by atoms with Crippen LogP contribution in [0.3, 0.4) is 0 Å². The summed E-state index contributed by atoms with van der Waals surface area (Å²) in [5, 5.41) is 12.7. The smallest absolute Gasteiger partial charge is 0.207 e. The first-order valence-corrected chi connectivity index (χ1v) is 7.86. The van der Waals surface area contributed by atoms with Crippen molar-refractivity contribution in [2.75, 3.05) is 0 Å². The minimum absolute atomic E-state index is 0.228. The van der Waals surface area contributed by atoms with Gasteiger partial charge in [-0.15, -0.1) is 5.10 Å². The van der Waals surface area contributed by atoms with Crippen LogP contribution in [0.5, 0.6) is 0 Å². The maximum Gasteiger partial charge on any atom is 0.214 e. The molecule has 0 amide bonds. The molecule has 1 heterocycles. The van der Waals surface area contributed by atoms with E-state index in [1.807, 2.05) is 32.0 Å². The number of benzene rings is 2. The van der Waals surface area contributed by atoms with E-state index < -0.39 is 0 Å². The lowest BCUT2D eigenvalue weighted by atomic mass is 10.1. The van der Waals surface area contributed by atoms with Gasteiger partial charge in [0, 0.05) is 5.75 Å². The normalized spacial score (nSPS) is 10.9. The molecule has 0 aliphatic rings. The Morgan fingerprint density at radius 2 is 1.73 bits per heavy atom. The van der Waals surface area contributed by atoms with Gasteiger partial charge in [-0.2, -0.15) is 4.68 Å². The summed E-state index contributed by atoms with van der Waals surface area (Å²) >= 11 is 1.53. The maximum absolute atomic E-state index is 12.9. The number of hydrogen-bond acceptors (Lipinski definition) is 4. The lowest BCUT2D eigenvalue weighted by Crippen LogP contribution is -2.04. The van der Waals surface area contributed by atoms with Gasteiger partial charge in [-0.05, 0) is 53.1 Å². The van der Waals surface area contributed by atoms with Crippen molar-refractivity contribution in [3.8, 4) is 5.69 Å². The van der Waals surface area contributed by atoms with Gasteiger partial charge in [-0.3, -0.25) is 0 Å². The fourth-order valence-electron chi connectivity index (χ4n) is 2.28. The third-order valence-corrected chi connectivity index (χ3v) is 4.36. The Balaban J connectivity index is 1.85. The highest BCUT2D eigenvalue weighted by Crippen LogP contribution is 2.25. The fraction of sp³-hybridized carbons (Fsp3) is 0.188. The molecule has 0 aliphatic carbocycles. The molecule has 0 atom stereocenters. The van der Waals surface area contributed by atoms with E-state index in [0.29, 0.717) is 5.75 Å². The third-order valence-electron chi connectivity index (χ3n) is 3.37. The summed E-state index contributed by atoms with van der Waals surface area (Å²) < 4.78 is 14.7. The van der Waals surface area contributed by atoms with E-state index in [2.05, 4.69) is 15.5 Å². The first kappa shape index (κ1) is 14.7. The monoisotopic (exact) mass is 314 g/mol. The molecular formula is C16H15FN4S. The fourth-order valence-corrected chi connectivity index (χ4v) is 3.11. The molecular weight excluding hydrogens is 299 g/mol. The van der Waals surface area contributed by atoms with E-state index in [9.17, 15) is 4.39 Å². The first-order valence-electron chi connectivity index (χ1n) is 6.87. The number of para-hydroxylation sites is 1. The van der Waals surface area contributed by atoms with Crippen LogP contribution in [0.1, 0.15) is 16.7 Å². The molecule has 3 aromatic rings. The molecule has 112 valence electrons. The molecule has 0 saturated carbocycles. The molecule has 0 N–H and O–H groups in total. The number of tetrazole rings is 1. The highest BCUT2D eigenvalue weighted by molar-refractivity contribution is 7.98. The van der Waals surface area contributed by atoms with Crippen LogP contribution in [0, 0.1) is 19.7 Å². The van der Waals surface area contributed by atoms with E-state index in [1.54, 1.807) is 16.8 Å². The van der Waals surface area contributed by atoms with Crippen LogP contribution in [0.25, 0.3) is 5.69 Å². The molecule has 0 saturated heterocycles. The number of rotatable bonds is 4. The minimum Gasteiger partial charge on any atom is -0.207 e. The number of thioether (sulfide) groups is 1. The molecule has 1 aromatic heterocycles. The minimum atomic E-state index is -0.228. The Hall–Kier alpha value is -2.21. The zero-order chi connectivity index (χ0) is 15.5. The highest BCUT2D eigenvalue weighted by Gasteiger charge is 2.13. The summed E-state index contributed by atoms with van der Waals surface area (Å²) in [5.74, 6) is 0.458. The molecule has 4 nitrogen and oxygen atoms in total. The van der Waals surface area contributed by atoms with Crippen molar-refractivity contribution in [1.29, 1.82) is 0 Å². The summed E-state index contributed by atoms with van der Waals surface area (Å²) in [6, 6.07) is 12.6. The van der Waals surface area contributed by atoms with Crippen molar-refractivity contribution in [1.82, 2.24) is 20.2 Å². The van der Waals surface area contributed by atoms with Crippen molar-refractivity contribution in [2.45, 2.75) is 24.8 Å². The Bertz CT molecular complexity index is 763. The van der Waals surface area contributed by atoms with Crippen molar-refractivity contribution in [3.05, 3.63) is 65.0 Å². The molecule has 2 aromatic carbocycles. The van der Waals surface area contributed by atoms with Gasteiger partial charge in [-0.25, -0.2) is 4.39 Å². The van der Waals surface area contributed by atoms with E-state index in [4.69, 9.17) is 0 Å². The molecule has 0 aliphatic heterocycles. The molecule has 6 heteroatoms. The second kappa shape index (κ2) is 6.27. The summed E-state index contributed by atoms with van der Waals surface area (Å²) in [6.07, 6.45) is 0. The molecule has 0 radical (unpaired) electrons. The number of aromatic nitrogens is 4. The number of halogens is 1. The number of nitrogens with zero attached hydrogens (tertiary/aromatic N) is 4. The highest BCUT2D eigenvalue weighted by atomic mass is 32.2. The molecule has 3 rings (SSSR count). The van der Waals surface area contributed by atoms with Crippen LogP contribution < -0.4 is 0 Å². The van der Waals surface area contributed by atoms with Crippen molar-refractivity contribution in [2.24, 2.45) is 0 Å². The van der Waals surface area contributed by atoms with E-state index in [0.717, 1.165) is 27.5 Å². The predicted molar refractivity (Wildman–Crippen MR) is 84.6 cm³/mol. The molecule has 22 heavy (non-hydrogen) atoms. The van der Waals surface area contributed by atoms with Gasteiger partial charge in [0.2, 0.25) is 5.16 Å². The lowest BCUT2D eigenvalue weighted by Gasteiger charge is -2.10. The quantitative estimate of drug-likeness (QED) is 0.689. The van der Waals surface area contributed by atoms with Gasteiger partial charge in [0.15, 0.2) is 0 Å². The molecule has 0 fully saturated rings. The van der Waals surface area contributed by atoms with E-state index in [1.165, 1.54) is 23.9 Å². The molecule has 0 spiro atoms. The third kappa shape index (κ3) is 3.01. The van der Waals surface area contributed by atoms with Gasteiger partial charge in [0.1, 0.15) is 5.82 Å². The number of hydrogen-bond donors (Lipinski definition) is 0. The van der Waals surface area contributed by atoms with Gasteiger partial charge >= 0.3 is 0 Å². The van der Waals surface area contributed by atoms with Crippen LogP contribution in [0.4, 0.5) is 4.39 Å². The SMILES string of the molecule is Cc1cccc(C)c1-n1nnnc1SCc1ccc(F)cc1. The second-order valence-corrected chi connectivity index (χ2v) is 5.97. The van der Waals surface area contributed by atoms with Gasteiger partial charge in [-0.1, -0.05) is 42.1 Å². The first-order chi connectivity index (χ1) is 10.6. The maximum atomic E-state index is 12.9. The van der Waals surface area contributed by atoms with Crippen LogP contribution >= 0.6 is 11.8 Å². The van der Waals surface area contributed by atoms with Crippen LogP contribution in [-0.2, 0) is 5.75 Å². The van der Waals surface area contributed by atoms with E-state index in [-0.39, 0.29) is 5.82 Å². The van der Waals surface area contributed by atoms with Crippen molar-refractivity contribution in [3.63, 3.8) is 0 Å². The standard InChI is InChI=1S/C16H15FN4S/c1-11-4-3-5-12(2)15(11)21-16(18-19-20-21)22-10-13-6-8-14(17)9-7-13/h3-9H,10H2,1-2H3. The topological polar surface area (TPSA) is 43.6 Å². The zero-order valence-electron chi connectivity index (χ0n) is 12.3. The molecule has 0 unspecified atom stereocenters. The van der Waals surface area contributed by atoms with Gasteiger partial charge in [0.05, 0.1) is 5.69 Å². The predicted octanol–water partition coefficient (Wildman–Crippen LogP) is 3.71. The van der Waals surface area contributed by atoms with Crippen molar-refractivity contribution >= 4 is 11.8 Å². The summed E-state index contributed by atoms with van der Waals surface area (Å²) in [5.41, 5.74) is 4.28. The zero-order valence-corrected chi connectivity index (χ0v) is 13.1. The lowest BCUT2D eigenvalue weighted by molar-refractivity contribution is 0.627. The average Bonchev–Trinajstić information content (AvgIpc) is 2.95. The molecule has 0 bridgehead atoms. The van der Waals surface area contributed by atoms with Gasteiger partial charge in [0.25, 0.3) is 0 Å². The van der Waals surface area contributed by atoms with Crippen LogP contribution in [0.2, 0.25) is 0 Å². The van der Waals surface area contributed by atoms with Crippen molar-refractivity contribution < 1.29 is 4.39 Å². The largest absolute Gasteiger partial charge is 0.214 e. The average molecular weight is 314 g/mol. The van der Waals surface area contributed by atoms with E-state index >= 15 is 0 Å².